The van der Waals surface area contributed by atoms with Crippen molar-refractivity contribution in [2.45, 2.75) is 6.18 Å². The first-order valence-corrected chi connectivity index (χ1v) is 8.88. The summed E-state index contributed by atoms with van der Waals surface area (Å²) < 4.78 is 64.2. The Morgan fingerprint density at radius 2 is 1.97 bits per heavy atom. The molecule has 2 N–H and O–H groups in total. The summed E-state index contributed by atoms with van der Waals surface area (Å²) in [5, 5.41) is 4.98. The number of rotatable bonds is 5. The van der Waals surface area contributed by atoms with Crippen LogP contribution in [0.25, 0.3) is 0 Å². The highest BCUT2D eigenvalue weighted by Crippen LogP contribution is 2.35. The van der Waals surface area contributed by atoms with Crippen LogP contribution in [0.15, 0.2) is 18.3 Å². The van der Waals surface area contributed by atoms with E-state index >= 15 is 0 Å². The number of anilines is 3. The molecule has 8 nitrogen and oxygen atoms in total. The number of carbonyl (C=O) groups excluding carboxylic acids is 1. The van der Waals surface area contributed by atoms with Crippen molar-refractivity contribution < 1.29 is 31.8 Å². The van der Waals surface area contributed by atoms with E-state index in [4.69, 9.17) is 9.47 Å². The van der Waals surface area contributed by atoms with Gasteiger partial charge in [-0.1, -0.05) is 0 Å². The zero-order valence-corrected chi connectivity index (χ0v) is 16.1. The van der Waals surface area contributed by atoms with Crippen LogP contribution in [-0.2, 0) is 10.9 Å². The molecule has 0 radical (unpaired) electrons. The molecule has 30 heavy (non-hydrogen) atoms. The number of morpholine rings is 1. The van der Waals surface area contributed by atoms with Crippen molar-refractivity contribution in [2.24, 2.45) is 0 Å². The van der Waals surface area contributed by atoms with Gasteiger partial charge >= 0.3 is 6.18 Å². The maximum atomic E-state index is 15.0. The minimum absolute atomic E-state index is 0.0512. The summed E-state index contributed by atoms with van der Waals surface area (Å²) >= 11 is 0. The number of amides is 1. The zero-order valence-electron chi connectivity index (χ0n) is 16.1. The van der Waals surface area contributed by atoms with Crippen molar-refractivity contribution in [3.8, 4) is 5.75 Å². The first kappa shape index (κ1) is 21.6. The van der Waals surface area contributed by atoms with Gasteiger partial charge < -0.3 is 25.0 Å². The third-order valence-electron chi connectivity index (χ3n) is 4.41. The monoisotopic (exact) mass is 429 g/mol. The Labute approximate surface area is 169 Å². The van der Waals surface area contributed by atoms with Crippen LogP contribution in [-0.4, -0.2) is 61.2 Å². The van der Waals surface area contributed by atoms with Crippen molar-refractivity contribution >= 4 is 23.4 Å². The van der Waals surface area contributed by atoms with Gasteiger partial charge in [0.2, 0.25) is 5.95 Å². The molecule has 3 rings (SSSR count). The van der Waals surface area contributed by atoms with E-state index in [0.717, 1.165) is 0 Å². The number of hydrogen-bond acceptors (Lipinski definition) is 7. The van der Waals surface area contributed by atoms with Crippen LogP contribution in [0.4, 0.5) is 35.0 Å². The lowest BCUT2D eigenvalue weighted by molar-refractivity contribution is -0.137. The molecule has 0 atom stereocenters. The number of carbonyl (C=O) groups is 1. The van der Waals surface area contributed by atoms with E-state index in [2.05, 4.69) is 20.6 Å². The van der Waals surface area contributed by atoms with E-state index < -0.39 is 29.3 Å². The Morgan fingerprint density at radius 1 is 1.27 bits per heavy atom. The molecule has 12 heteroatoms. The average molecular weight is 429 g/mol. The van der Waals surface area contributed by atoms with Crippen molar-refractivity contribution in [1.29, 1.82) is 0 Å². The lowest BCUT2D eigenvalue weighted by Crippen LogP contribution is -2.41. The molecule has 0 aliphatic carbocycles. The van der Waals surface area contributed by atoms with Gasteiger partial charge in [-0.25, -0.2) is 9.37 Å². The van der Waals surface area contributed by atoms with Crippen molar-refractivity contribution in [2.75, 3.05) is 51.1 Å². The molecule has 1 aromatic carbocycles. The largest absolute Gasteiger partial charge is 0.492 e. The second kappa shape index (κ2) is 8.69. The molecule has 1 aliphatic heterocycles. The Balaban J connectivity index is 1.90. The van der Waals surface area contributed by atoms with Gasteiger partial charge in [0.1, 0.15) is 11.4 Å². The third kappa shape index (κ3) is 4.37. The highest BCUT2D eigenvalue weighted by Gasteiger charge is 2.35. The molecule has 0 spiro atoms. The summed E-state index contributed by atoms with van der Waals surface area (Å²) in [5.74, 6) is -2.36. The minimum Gasteiger partial charge on any atom is -0.492 e. The summed E-state index contributed by atoms with van der Waals surface area (Å²) in [7, 11) is 2.49. The normalized spacial score (nSPS) is 14.4. The molecule has 1 aromatic heterocycles. The van der Waals surface area contributed by atoms with E-state index in [9.17, 15) is 22.4 Å². The van der Waals surface area contributed by atoms with Crippen LogP contribution in [0.3, 0.4) is 0 Å². The summed E-state index contributed by atoms with van der Waals surface area (Å²) in [6, 6.07) is 2.64. The molecular weight excluding hydrogens is 410 g/mol. The molecular formula is C18H19F4N5O3. The smallest absolute Gasteiger partial charge is 0.421 e. The van der Waals surface area contributed by atoms with Crippen LogP contribution in [0, 0.1) is 5.82 Å². The Kier molecular flexibility index (Phi) is 6.25. The van der Waals surface area contributed by atoms with E-state index in [-0.39, 0.29) is 22.9 Å². The predicted octanol–water partition coefficient (Wildman–Crippen LogP) is 2.90. The minimum atomic E-state index is -4.64. The van der Waals surface area contributed by atoms with E-state index in [1.165, 1.54) is 31.2 Å². The highest BCUT2D eigenvalue weighted by atomic mass is 19.4. The number of benzene rings is 1. The van der Waals surface area contributed by atoms with Crippen molar-refractivity contribution in [1.82, 2.24) is 14.9 Å². The summed E-state index contributed by atoms with van der Waals surface area (Å²) in [6.07, 6.45) is -4.03. The van der Waals surface area contributed by atoms with Crippen LogP contribution in [0.1, 0.15) is 15.9 Å². The zero-order chi connectivity index (χ0) is 21.9. The van der Waals surface area contributed by atoms with Gasteiger partial charge in [0.05, 0.1) is 31.6 Å². The fourth-order valence-electron chi connectivity index (χ4n) is 2.92. The lowest BCUT2D eigenvalue weighted by Gasteiger charge is -2.27. The maximum absolute atomic E-state index is 15.0. The second-order valence-electron chi connectivity index (χ2n) is 6.24. The van der Waals surface area contributed by atoms with Crippen LogP contribution in [0.5, 0.6) is 5.75 Å². The quantitative estimate of drug-likeness (QED) is 0.707. The molecule has 1 amide bonds. The number of aromatic nitrogens is 2. The van der Waals surface area contributed by atoms with Crippen molar-refractivity contribution in [3.63, 3.8) is 0 Å². The van der Waals surface area contributed by atoms with Gasteiger partial charge in [0, 0.05) is 26.3 Å². The van der Waals surface area contributed by atoms with Crippen molar-refractivity contribution in [3.05, 3.63) is 35.3 Å². The molecule has 2 aromatic rings. The predicted molar refractivity (Wildman–Crippen MR) is 99.5 cm³/mol. The number of nitrogens with zero attached hydrogens (tertiary/aromatic N) is 3. The maximum Gasteiger partial charge on any atom is 0.421 e. The Hall–Kier alpha value is -3.15. The van der Waals surface area contributed by atoms with Crippen LogP contribution in [0.2, 0.25) is 0 Å². The SMILES string of the molecule is CNc1nc(Nc2ccc(C(=O)N3CCOCC3)c(F)c2OC)ncc1C(F)(F)F. The third-order valence-corrected chi connectivity index (χ3v) is 4.41. The summed E-state index contributed by atoms with van der Waals surface area (Å²) in [4.78, 5) is 21.5. The molecule has 0 bridgehead atoms. The average Bonchev–Trinajstić information content (AvgIpc) is 2.73. The molecule has 1 fully saturated rings. The van der Waals surface area contributed by atoms with Gasteiger partial charge in [-0.2, -0.15) is 18.2 Å². The van der Waals surface area contributed by atoms with Gasteiger partial charge in [-0.15, -0.1) is 0 Å². The number of hydrogen-bond donors (Lipinski definition) is 2. The first-order valence-electron chi connectivity index (χ1n) is 8.88. The molecule has 0 unspecified atom stereocenters. The van der Waals surface area contributed by atoms with E-state index in [1.807, 2.05) is 0 Å². The molecule has 2 heterocycles. The topological polar surface area (TPSA) is 88.6 Å². The fourth-order valence-corrected chi connectivity index (χ4v) is 2.92. The summed E-state index contributed by atoms with van der Waals surface area (Å²) in [5.41, 5.74) is -1.18. The number of halogens is 4. The number of alkyl halides is 3. The molecule has 1 aliphatic rings. The van der Waals surface area contributed by atoms with Crippen LogP contribution < -0.4 is 15.4 Å². The van der Waals surface area contributed by atoms with Gasteiger partial charge in [0.25, 0.3) is 5.91 Å². The molecule has 0 saturated carbocycles. The van der Waals surface area contributed by atoms with E-state index in [1.54, 1.807) is 0 Å². The number of ether oxygens (including phenoxy) is 2. The Morgan fingerprint density at radius 3 is 2.57 bits per heavy atom. The Bertz CT molecular complexity index is 933. The highest BCUT2D eigenvalue weighted by molar-refractivity contribution is 5.96. The van der Waals surface area contributed by atoms with E-state index in [0.29, 0.717) is 32.5 Å². The van der Waals surface area contributed by atoms with Gasteiger partial charge in [-0.05, 0) is 12.1 Å². The number of nitrogens with one attached hydrogen (secondary N) is 2. The number of methoxy groups -OCH3 is 1. The second-order valence-corrected chi connectivity index (χ2v) is 6.24. The molecule has 162 valence electrons. The van der Waals surface area contributed by atoms with Gasteiger partial charge in [0.15, 0.2) is 11.6 Å². The fraction of sp³-hybridized carbons (Fsp3) is 0.389. The van der Waals surface area contributed by atoms with Crippen LogP contribution >= 0.6 is 0 Å². The molecule has 1 saturated heterocycles. The lowest BCUT2D eigenvalue weighted by atomic mass is 10.1. The standard InChI is InChI=1S/C18H19F4N5O3/c1-23-15-11(18(20,21)22)9-24-17(26-15)25-12-4-3-10(13(19)14(12)29-2)16(28)27-5-7-30-8-6-27/h3-4,9H,5-8H2,1-2H3,(H2,23,24,25,26). The summed E-state index contributed by atoms with van der Waals surface area (Å²) in [6.45, 7) is 1.41. The van der Waals surface area contributed by atoms with Gasteiger partial charge in [-0.3, -0.25) is 4.79 Å². The first-order chi connectivity index (χ1) is 14.3.